The van der Waals surface area contributed by atoms with Gasteiger partial charge in [0, 0.05) is 31.8 Å². The zero-order valence-corrected chi connectivity index (χ0v) is 12.0. The maximum absolute atomic E-state index is 11.7. The van der Waals surface area contributed by atoms with Gasteiger partial charge in [-0.3, -0.25) is 14.9 Å². The van der Waals surface area contributed by atoms with Gasteiger partial charge in [0.05, 0.1) is 4.92 Å². The first-order chi connectivity index (χ1) is 10.1. The standard InChI is InChI=1S/C14H20N4O3/c1-16-14(19)11-4-5-12(18(20)21)13(7-11)17-6-2-3-10(8-15)9-17/h4-5,7,10H,2-3,6,8-9,15H2,1H3,(H,16,19). The van der Waals surface area contributed by atoms with E-state index in [-0.39, 0.29) is 11.6 Å². The van der Waals surface area contributed by atoms with E-state index in [1.54, 1.807) is 6.07 Å². The van der Waals surface area contributed by atoms with Crippen molar-refractivity contribution in [3.05, 3.63) is 33.9 Å². The van der Waals surface area contributed by atoms with Crippen LogP contribution in [0.2, 0.25) is 0 Å². The Balaban J connectivity index is 2.38. The fraction of sp³-hybridized carbons (Fsp3) is 0.500. The van der Waals surface area contributed by atoms with Gasteiger partial charge in [0.1, 0.15) is 5.69 Å². The summed E-state index contributed by atoms with van der Waals surface area (Å²) in [5.74, 6) is 0.0838. The molecule has 2 rings (SSSR count). The van der Waals surface area contributed by atoms with Crippen LogP contribution in [0.4, 0.5) is 11.4 Å². The third-order valence-corrected chi connectivity index (χ3v) is 3.85. The molecule has 1 fully saturated rings. The molecule has 0 saturated carbocycles. The van der Waals surface area contributed by atoms with Crippen molar-refractivity contribution in [2.75, 3.05) is 31.6 Å². The Kier molecular flexibility index (Phi) is 4.74. The van der Waals surface area contributed by atoms with Crippen molar-refractivity contribution in [2.45, 2.75) is 12.8 Å². The van der Waals surface area contributed by atoms with Crippen LogP contribution in [0.1, 0.15) is 23.2 Å². The van der Waals surface area contributed by atoms with Crippen molar-refractivity contribution in [1.82, 2.24) is 5.32 Å². The first kappa shape index (κ1) is 15.2. The molecule has 0 radical (unpaired) electrons. The minimum absolute atomic E-state index is 0.0281. The van der Waals surface area contributed by atoms with Crippen molar-refractivity contribution < 1.29 is 9.72 Å². The lowest BCUT2D eigenvalue weighted by Crippen LogP contribution is -2.38. The van der Waals surface area contributed by atoms with Crippen LogP contribution in [-0.2, 0) is 0 Å². The number of rotatable bonds is 4. The summed E-state index contributed by atoms with van der Waals surface area (Å²) in [5, 5.41) is 13.8. The average Bonchev–Trinajstić information content (AvgIpc) is 2.53. The molecule has 0 spiro atoms. The van der Waals surface area contributed by atoms with Gasteiger partial charge in [-0.05, 0) is 37.4 Å². The normalized spacial score (nSPS) is 18.4. The van der Waals surface area contributed by atoms with Crippen LogP contribution >= 0.6 is 0 Å². The van der Waals surface area contributed by atoms with Crippen molar-refractivity contribution in [1.29, 1.82) is 0 Å². The lowest BCUT2D eigenvalue weighted by molar-refractivity contribution is -0.384. The summed E-state index contributed by atoms with van der Waals surface area (Å²) in [6.07, 6.45) is 1.99. The predicted molar refractivity (Wildman–Crippen MR) is 80.5 cm³/mol. The van der Waals surface area contributed by atoms with Crippen LogP contribution in [0, 0.1) is 16.0 Å². The number of benzene rings is 1. The van der Waals surface area contributed by atoms with E-state index < -0.39 is 4.92 Å². The molecule has 1 saturated heterocycles. The van der Waals surface area contributed by atoms with E-state index in [2.05, 4.69) is 5.32 Å². The van der Waals surface area contributed by atoms with Gasteiger partial charge in [-0.15, -0.1) is 0 Å². The van der Waals surface area contributed by atoms with Gasteiger partial charge in [0.25, 0.3) is 11.6 Å². The van der Waals surface area contributed by atoms with Crippen LogP contribution in [0.15, 0.2) is 18.2 Å². The van der Waals surface area contributed by atoms with E-state index in [1.165, 1.54) is 19.2 Å². The monoisotopic (exact) mass is 292 g/mol. The fourth-order valence-electron chi connectivity index (χ4n) is 2.69. The number of nitrogens with two attached hydrogens (primary N) is 1. The molecule has 114 valence electrons. The minimum atomic E-state index is -0.408. The van der Waals surface area contributed by atoms with E-state index >= 15 is 0 Å². The lowest BCUT2D eigenvalue weighted by atomic mass is 9.97. The van der Waals surface area contributed by atoms with Gasteiger partial charge in [-0.25, -0.2) is 0 Å². The molecule has 0 aliphatic carbocycles. The third kappa shape index (κ3) is 3.30. The molecule has 3 N–H and O–H groups in total. The second kappa shape index (κ2) is 6.53. The van der Waals surface area contributed by atoms with Gasteiger partial charge in [-0.1, -0.05) is 0 Å². The molecular weight excluding hydrogens is 272 g/mol. The Labute approximate surface area is 123 Å². The smallest absolute Gasteiger partial charge is 0.292 e. The van der Waals surface area contributed by atoms with Crippen molar-refractivity contribution in [2.24, 2.45) is 11.7 Å². The van der Waals surface area contributed by atoms with E-state index in [4.69, 9.17) is 5.73 Å². The van der Waals surface area contributed by atoms with Gasteiger partial charge in [0.15, 0.2) is 0 Å². The van der Waals surface area contributed by atoms with Crippen LogP contribution in [-0.4, -0.2) is 37.5 Å². The summed E-state index contributed by atoms with van der Waals surface area (Å²) < 4.78 is 0. The number of nitrogens with zero attached hydrogens (tertiary/aromatic N) is 2. The largest absolute Gasteiger partial charge is 0.366 e. The summed E-state index contributed by atoms with van der Waals surface area (Å²) in [4.78, 5) is 24.5. The van der Waals surface area contributed by atoms with Gasteiger partial charge >= 0.3 is 0 Å². The van der Waals surface area contributed by atoms with Gasteiger partial charge in [-0.2, -0.15) is 0 Å². The summed E-state index contributed by atoms with van der Waals surface area (Å²) in [7, 11) is 1.54. The molecule has 1 heterocycles. The topological polar surface area (TPSA) is 101 Å². The zero-order chi connectivity index (χ0) is 15.4. The molecule has 7 heteroatoms. The van der Waals surface area contributed by atoms with Crippen molar-refractivity contribution in [3.8, 4) is 0 Å². The van der Waals surface area contributed by atoms with Gasteiger partial charge < -0.3 is 16.0 Å². The highest BCUT2D eigenvalue weighted by Crippen LogP contribution is 2.32. The number of anilines is 1. The number of piperidine rings is 1. The molecule has 7 nitrogen and oxygen atoms in total. The lowest BCUT2D eigenvalue weighted by Gasteiger charge is -2.33. The van der Waals surface area contributed by atoms with Crippen LogP contribution in [0.3, 0.4) is 0 Å². The van der Waals surface area contributed by atoms with Crippen LogP contribution in [0.5, 0.6) is 0 Å². The number of hydrogen-bond donors (Lipinski definition) is 2. The fourth-order valence-corrected chi connectivity index (χ4v) is 2.69. The molecule has 21 heavy (non-hydrogen) atoms. The molecule has 0 aromatic heterocycles. The average molecular weight is 292 g/mol. The number of nitro benzene ring substituents is 1. The Bertz CT molecular complexity index is 547. The second-order valence-corrected chi connectivity index (χ2v) is 5.23. The van der Waals surface area contributed by atoms with E-state index in [0.717, 1.165) is 19.4 Å². The van der Waals surface area contributed by atoms with Crippen molar-refractivity contribution in [3.63, 3.8) is 0 Å². The third-order valence-electron chi connectivity index (χ3n) is 3.85. The minimum Gasteiger partial charge on any atom is -0.366 e. The molecule has 1 aliphatic rings. The van der Waals surface area contributed by atoms with Crippen LogP contribution < -0.4 is 16.0 Å². The number of hydrogen-bond acceptors (Lipinski definition) is 5. The quantitative estimate of drug-likeness (QED) is 0.640. The Morgan fingerprint density at radius 3 is 2.95 bits per heavy atom. The molecule has 1 unspecified atom stereocenters. The van der Waals surface area contributed by atoms with E-state index in [1.807, 2.05) is 4.90 Å². The Morgan fingerprint density at radius 1 is 1.57 bits per heavy atom. The Morgan fingerprint density at radius 2 is 2.33 bits per heavy atom. The summed E-state index contributed by atoms with van der Waals surface area (Å²) in [5.41, 5.74) is 6.67. The zero-order valence-electron chi connectivity index (χ0n) is 12.0. The molecule has 1 atom stereocenters. The van der Waals surface area contributed by atoms with Crippen molar-refractivity contribution >= 4 is 17.3 Å². The molecule has 1 aliphatic heterocycles. The maximum atomic E-state index is 11.7. The summed E-state index contributed by atoms with van der Waals surface area (Å²) in [6.45, 7) is 2.00. The summed E-state index contributed by atoms with van der Waals surface area (Å²) in [6, 6.07) is 4.46. The highest BCUT2D eigenvalue weighted by molar-refractivity contribution is 5.95. The first-order valence-corrected chi connectivity index (χ1v) is 7.02. The van der Waals surface area contributed by atoms with E-state index in [9.17, 15) is 14.9 Å². The molecule has 1 amide bonds. The number of nitro groups is 1. The highest BCUT2D eigenvalue weighted by atomic mass is 16.6. The SMILES string of the molecule is CNC(=O)c1ccc([N+](=O)[O-])c(N2CCCC(CN)C2)c1. The maximum Gasteiger partial charge on any atom is 0.292 e. The number of amides is 1. The summed E-state index contributed by atoms with van der Waals surface area (Å²) >= 11 is 0. The number of carbonyl (C=O) groups is 1. The van der Waals surface area contributed by atoms with E-state index in [0.29, 0.717) is 30.3 Å². The molecule has 1 aromatic carbocycles. The Hall–Kier alpha value is -2.15. The highest BCUT2D eigenvalue weighted by Gasteiger charge is 2.26. The molecule has 0 bridgehead atoms. The predicted octanol–water partition coefficient (Wildman–Crippen LogP) is 1.13. The number of carbonyl (C=O) groups excluding carboxylic acids is 1. The molecule has 1 aromatic rings. The van der Waals surface area contributed by atoms with Crippen LogP contribution in [0.25, 0.3) is 0 Å². The second-order valence-electron chi connectivity index (χ2n) is 5.23. The van der Waals surface area contributed by atoms with Gasteiger partial charge in [0.2, 0.25) is 0 Å². The number of nitrogens with one attached hydrogen (secondary N) is 1. The molecular formula is C14H20N4O3. The first-order valence-electron chi connectivity index (χ1n) is 7.02.